The van der Waals surface area contributed by atoms with Crippen LogP contribution in [0.1, 0.15) is 11.1 Å². The molecule has 0 radical (unpaired) electrons. The summed E-state index contributed by atoms with van der Waals surface area (Å²) in [6.07, 6.45) is 0. The SMILES string of the molecule is N#Cc1cccc(C#N)c1-c1ccc2c(c1)c1ccccc1n2-c1ccccc1. The van der Waals surface area contributed by atoms with Crippen LogP contribution >= 0.6 is 0 Å². The summed E-state index contributed by atoms with van der Waals surface area (Å²) in [5.41, 5.74) is 5.90. The number of benzene rings is 4. The van der Waals surface area contributed by atoms with Gasteiger partial charge in [-0.05, 0) is 48.0 Å². The maximum absolute atomic E-state index is 9.57. The lowest BCUT2D eigenvalue weighted by Crippen LogP contribution is -1.93. The number of rotatable bonds is 2. The first-order chi connectivity index (χ1) is 14.3. The number of hydrogen-bond acceptors (Lipinski definition) is 2. The summed E-state index contributed by atoms with van der Waals surface area (Å²) >= 11 is 0. The molecule has 0 atom stereocenters. The molecule has 4 aromatic carbocycles. The summed E-state index contributed by atoms with van der Waals surface area (Å²) < 4.78 is 2.25. The van der Waals surface area contributed by atoms with E-state index in [1.807, 2.05) is 36.4 Å². The van der Waals surface area contributed by atoms with Gasteiger partial charge in [0.25, 0.3) is 0 Å². The fraction of sp³-hybridized carbons (Fsp3) is 0. The molecule has 5 rings (SSSR count). The first-order valence-electron chi connectivity index (χ1n) is 9.34. The largest absolute Gasteiger partial charge is 0.309 e. The molecule has 0 aliphatic rings. The third-order valence-electron chi connectivity index (χ3n) is 5.28. The quantitative estimate of drug-likeness (QED) is 0.372. The van der Waals surface area contributed by atoms with E-state index >= 15 is 0 Å². The minimum Gasteiger partial charge on any atom is -0.309 e. The molecule has 1 aromatic heterocycles. The lowest BCUT2D eigenvalue weighted by Gasteiger charge is -2.09. The highest BCUT2D eigenvalue weighted by Crippen LogP contribution is 2.36. The van der Waals surface area contributed by atoms with Gasteiger partial charge in [0.05, 0.1) is 34.3 Å². The topological polar surface area (TPSA) is 52.5 Å². The highest BCUT2D eigenvalue weighted by atomic mass is 15.0. The summed E-state index contributed by atoms with van der Waals surface area (Å²) in [6.45, 7) is 0. The van der Waals surface area contributed by atoms with Crippen molar-refractivity contribution >= 4 is 21.8 Å². The van der Waals surface area contributed by atoms with Gasteiger partial charge in [0, 0.05) is 22.0 Å². The van der Waals surface area contributed by atoms with Crippen molar-refractivity contribution in [3.63, 3.8) is 0 Å². The Morgan fingerprint density at radius 1 is 0.586 bits per heavy atom. The van der Waals surface area contributed by atoms with Crippen molar-refractivity contribution in [2.75, 3.05) is 0 Å². The van der Waals surface area contributed by atoms with Crippen molar-refractivity contribution < 1.29 is 0 Å². The molecule has 3 nitrogen and oxygen atoms in total. The van der Waals surface area contributed by atoms with Crippen LogP contribution in [0.2, 0.25) is 0 Å². The number of para-hydroxylation sites is 2. The number of hydrogen-bond donors (Lipinski definition) is 0. The average molecular weight is 369 g/mol. The highest BCUT2D eigenvalue weighted by Gasteiger charge is 2.15. The summed E-state index contributed by atoms with van der Waals surface area (Å²) in [7, 11) is 0. The molecule has 3 heteroatoms. The summed E-state index contributed by atoms with van der Waals surface area (Å²) in [5, 5.41) is 21.4. The molecule has 0 aliphatic carbocycles. The molecule has 0 amide bonds. The predicted octanol–water partition coefficient (Wildman–Crippen LogP) is 6.19. The summed E-state index contributed by atoms with van der Waals surface area (Å²) in [6, 6.07) is 34.5. The zero-order chi connectivity index (χ0) is 19.8. The first kappa shape index (κ1) is 16.8. The lowest BCUT2D eigenvalue weighted by molar-refractivity contribution is 1.18. The van der Waals surface area contributed by atoms with E-state index in [1.165, 1.54) is 0 Å². The monoisotopic (exact) mass is 369 g/mol. The Morgan fingerprint density at radius 2 is 1.24 bits per heavy atom. The van der Waals surface area contributed by atoms with E-state index in [0.717, 1.165) is 33.1 Å². The van der Waals surface area contributed by atoms with Crippen LogP contribution in [0.4, 0.5) is 0 Å². The van der Waals surface area contributed by atoms with Gasteiger partial charge in [-0.3, -0.25) is 0 Å². The molecule has 1 heterocycles. The van der Waals surface area contributed by atoms with Gasteiger partial charge in [-0.2, -0.15) is 10.5 Å². The van der Waals surface area contributed by atoms with E-state index in [9.17, 15) is 10.5 Å². The summed E-state index contributed by atoms with van der Waals surface area (Å²) in [4.78, 5) is 0. The molecule has 29 heavy (non-hydrogen) atoms. The Kier molecular flexibility index (Phi) is 3.87. The zero-order valence-corrected chi connectivity index (χ0v) is 15.5. The van der Waals surface area contributed by atoms with Crippen molar-refractivity contribution in [3.8, 4) is 29.0 Å². The highest BCUT2D eigenvalue weighted by molar-refractivity contribution is 6.10. The molecule has 0 fully saturated rings. The van der Waals surface area contributed by atoms with Crippen molar-refractivity contribution in [1.29, 1.82) is 10.5 Å². The fourth-order valence-corrected chi connectivity index (χ4v) is 4.03. The van der Waals surface area contributed by atoms with Gasteiger partial charge < -0.3 is 4.57 Å². The standard InChI is InChI=1S/C26H15N3/c27-16-19-7-6-8-20(17-28)26(19)18-13-14-25-23(15-18)22-11-4-5-12-24(22)29(25)21-9-2-1-3-10-21/h1-15H. The maximum Gasteiger partial charge on any atom is 0.0998 e. The minimum atomic E-state index is 0.509. The molecule has 5 aromatic rings. The second-order valence-corrected chi connectivity index (χ2v) is 6.87. The van der Waals surface area contributed by atoms with Crippen molar-refractivity contribution in [2.24, 2.45) is 0 Å². The van der Waals surface area contributed by atoms with Gasteiger partial charge in [-0.25, -0.2) is 0 Å². The van der Waals surface area contributed by atoms with Crippen molar-refractivity contribution in [1.82, 2.24) is 4.57 Å². The first-order valence-corrected chi connectivity index (χ1v) is 9.34. The molecule has 0 aliphatic heterocycles. The number of fused-ring (bicyclic) bond motifs is 3. The molecule has 0 saturated heterocycles. The Balaban J connectivity index is 1.87. The Morgan fingerprint density at radius 3 is 1.97 bits per heavy atom. The molecular formula is C26H15N3. The third-order valence-corrected chi connectivity index (χ3v) is 5.28. The average Bonchev–Trinajstić information content (AvgIpc) is 3.12. The van der Waals surface area contributed by atoms with Gasteiger partial charge in [-0.15, -0.1) is 0 Å². The maximum atomic E-state index is 9.57. The number of nitriles is 2. The van der Waals surface area contributed by atoms with Gasteiger partial charge in [-0.1, -0.05) is 48.5 Å². The predicted molar refractivity (Wildman–Crippen MR) is 116 cm³/mol. The normalized spacial score (nSPS) is 10.7. The van der Waals surface area contributed by atoms with Gasteiger partial charge in [0.2, 0.25) is 0 Å². The van der Waals surface area contributed by atoms with Crippen LogP contribution in [0.15, 0.2) is 91.0 Å². The molecular weight excluding hydrogens is 354 g/mol. The van der Waals surface area contributed by atoms with Crippen LogP contribution in [-0.4, -0.2) is 4.57 Å². The van der Waals surface area contributed by atoms with Gasteiger partial charge in [0.15, 0.2) is 0 Å². The van der Waals surface area contributed by atoms with Crippen LogP contribution in [0.25, 0.3) is 38.6 Å². The van der Waals surface area contributed by atoms with Crippen LogP contribution in [0.5, 0.6) is 0 Å². The molecule has 0 unspecified atom stereocenters. The van der Waals surface area contributed by atoms with E-state index < -0.39 is 0 Å². The summed E-state index contributed by atoms with van der Waals surface area (Å²) in [5.74, 6) is 0. The second-order valence-electron chi connectivity index (χ2n) is 6.87. The lowest BCUT2D eigenvalue weighted by atomic mass is 9.94. The number of nitrogens with zero attached hydrogens (tertiary/aromatic N) is 3. The van der Waals surface area contributed by atoms with E-state index in [4.69, 9.17) is 0 Å². The zero-order valence-electron chi connectivity index (χ0n) is 15.5. The molecule has 0 spiro atoms. The second kappa shape index (κ2) is 6.68. The Labute approximate surface area is 168 Å². The van der Waals surface area contributed by atoms with Crippen LogP contribution < -0.4 is 0 Å². The Bertz CT molecular complexity index is 1430. The molecule has 134 valence electrons. The minimum absolute atomic E-state index is 0.509. The smallest absolute Gasteiger partial charge is 0.0998 e. The Hall–Kier alpha value is -4.34. The van der Waals surface area contributed by atoms with Crippen LogP contribution in [0.3, 0.4) is 0 Å². The number of aromatic nitrogens is 1. The van der Waals surface area contributed by atoms with Crippen LogP contribution in [0, 0.1) is 22.7 Å². The van der Waals surface area contributed by atoms with Crippen molar-refractivity contribution in [3.05, 3.63) is 102 Å². The van der Waals surface area contributed by atoms with Crippen LogP contribution in [-0.2, 0) is 0 Å². The fourth-order valence-electron chi connectivity index (χ4n) is 4.03. The third kappa shape index (κ3) is 2.57. The molecule has 0 N–H and O–H groups in total. The van der Waals surface area contributed by atoms with Gasteiger partial charge in [0.1, 0.15) is 0 Å². The van der Waals surface area contributed by atoms with Gasteiger partial charge >= 0.3 is 0 Å². The molecule has 0 bridgehead atoms. The van der Waals surface area contributed by atoms with E-state index in [1.54, 1.807) is 18.2 Å². The van der Waals surface area contributed by atoms with E-state index in [2.05, 4.69) is 53.1 Å². The van der Waals surface area contributed by atoms with E-state index in [-0.39, 0.29) is 0 Å². The molecule has 0 saturated carbocycles. The van der Waals surface area contributed by atoms with Crippen molar-refractivity contribution in [2.45, 2.75) is 0 Å². The van der Waals surface area contributed by atoms with E-state index in [0.29, 0.717) is 16.7 Å².